The van der Waals surface area contributed by atoms with Crippen LogP contribution in [-0.4, -0.2) is 52.5 Å². The summed E-state index contributed by atoms with van der Waals surface area (Å²) in [5.41, 5.74) is 4.71. The number of ether oxygens (including phenoxy) is 1. The van der Waals surface area contributed by atoms with Crippen LogP contribution in [0.25, 0.3) is 0 Å². The molecule has 1 aliphatic heterocycles. The molecule has 142 valence electrons. The molecule has 1 aromatic carbocycles. The lowest BCUT2D eigenvalue weighted by molar-refractivity contribution is 0.122. The molecule has 0 radical (unpaired) electrons. The van der Waals surface area contributed by atoms with Crippen molar-refractivity contribution in [2.75, 3.05) is 41.9 Å². The van der Waals surface area contributed by atoms with Gasteiger partial charge in [0.2, 0.25) is 17.8 Å². The molecular formula is C19H20N8O. The van der Waals surface area contributed by atoms with Crippen LogP contribution in [0.3, 0.4) is 0 Å². The Labute approximate surface area is 162 Å². The Morgan fingerprint density at radius 1 is 0.929 bits per heavy atom. The molecular weight excluding hydrogens is 356 g/mol. The SMILES string of the molecule is C(=N\Nc1nc(Nc2ccccc2)nc(N2CCOCC2)n1)/c1ccncc1. The van der Waals surface area contributed by atoms with Crippen LogP contribution in [0, 0.1) is 0 Å². The van der Waals surface area contributed by atoms with Gasteiger partial charge in [-0.2, -0.15) is 20.1 Å². The Kier molecular flexibility index (Phi) is 5.64. The summed E-state index contributed by atoms with van der Waals surface area (Å²) in [6, 6.07) is 13.5. The highest BCUT2D eigenvalue weighted by Gasteiger charge is 2.16. The van der Waals surface area contributed by atoms with Crippen molar-refractivity contribution in [1.29, 1.82) is 0 Å². The Balaban J connectivity index is 1.56. The minimum absolute atomic E-state index is 0.361. The van der Waals surface area contributed by atoms with E-state index in [1.165, 1.54) is 0 Å². The second kappa shape index (κ2) is 8.87. The van der Waals surface area contributed by atoms with Crippen molar-refractivity contribution in [1.82, 2.24) is 19.9 Å². The van der Waals surface area contributed by atoms with Gasteiger partial charge in [0.15, 0.2) is 0 Å². The van der Waals surface area contributed by atoms with Gasteiger partial charge in [-0.1, -0.05) is 18.2 Å². The molecule has 0 amide bonds. The quantitative estimate of drug-likeness (QED) is 0.499. The molecule has 0 spiro atoms. The van der Waals surface area contributed by atoms with Gasteiger partial charge in [0.25, 0.3) is 0 Å². The van der Waals surface area contributed by atoms with Crippen LogP contribution >= 0.6 is 0 Å². The molecule has 0 saturated carbocycles. The van der Waals surface area contributed by atoms with Gasteiger partial charge in [-0.05, 0) is 29.8 Å². The van der Waals surface area contributed by atoms with E-state index in [0.717, 1.165) is 24.3 Å². The first kappa shape index (κ1) is 17.8. The maximum atomic E-state index is 5.42. The second-order valence-electron chi connectivity index (χ2n) is 6.02. The van der Waals surface area contributed by atoms with E-state index in [9.17, 15) is 0 Å². The van der Waals surface area contributed by atoms with Crippen LogP contribution < -0.4 is 15.6 Å². The number of nitrogens with one attached hydrogen (secondary N) is 2. The molecule has 0 aliphatic carbocycles. The number of morpholine rings is 1. The lowest BCUT2D eigenvalue weighted by atomic mass is 10.3. The third-order valence-electron chi connectivity index (χ3n) is 4.03. The van der Waals surface area contributed by atoms with Crippen LogP contribution in [0.5, 0.6) is 0 Å². The summed E-state index contributed by atoms with van der Waals surface area (Å²) in [6.07, 6.45) is 5.11. The van der Waals surface area contributed by atoms with Crippen LogP contribution in [0.4, 0.5) is 23.5 Å². The topological polar surface area (TPSA) is 100 Å². The summed E-state index contributed by atoms with van der Waals surface area (Å²) in [5, 5.41) is 7.43. The predicted octanol–water partition coefficient (Wildman–Crippen LogP) is 2.29. The van der Waals surface area contributed by atoms with Crippen molar-refractivity contribution in [2.45, 2.75) is 0 Å². The molecule has 0 atom stereocenters. The average molecular weight is 376 g/mol. The largest absolute Gasteiger partial charge is 0.378 e. The first-order valence-corrected chi connectivity index (χ1v) is 8.97. The molecule has 28 heavy (non-hydrogen) atoms. The fraction of sp³-hybridized carbons (Fsp3) is 0.211. The number of nitrogens with zero attached hydrogens (tertiary/aromatic N) is 6. The lowest BCUT2D eigenvalue weighted by Crippen LogP contribution is -2.37. The highest BCUT2D eigenvalue weighted by molar-refractivity contribution is 5.79. The predicted molar refractivity (Wildman–Crippen MR) is 108 cm³/mol. The van der Waals surface area contributed by atoms with E-state index in [0.29, 0.717) is 31.1 Å². The number of rotatable bonds is 6. The zero-order valence-corrected chi connectivity index (χ0v) is 15.2. The molecule has 0 unspecified atom stereocenters. The maximum absolute atomic E-state index is 5.42. The summed E-state index contributed by atoms with van der Waals surface area (Å²) >= 11 is 0. The van der Waals surface area contributed by atoms with Gasteiger partial charge in [0, 0.05) is 31.2 Å². The Hall–Kier alpha value is -3.59. The van der Waals surface area contributed by atoms with E-state index < -0.39 is 0 Å². The molecule has 9 heteroatoms. The fourth-order valence-corrected chi connectivity index (χ4v) is 2.64. The molecule has 2 aromatic heterocycles. The minimum Gasteiger partial charge on any atom is -0.378 e. The van der Waals surface area contributed by atoms with Gasteiger partial charge in [-0.15, -0.1) is 0 Å². The van der Waals surface area contributed by atoms with E-state index in [2.05, 4.69) is 40.7 Å². The molecule has 1 fully saturated rings. The normalized spacial score (nSPS) is 14.2. The number of aromatic nitrogens is 4. The van der Waals surface area contributed by atoms with Crippen LogP contribution in [0.2, 0.25) is 0 Å². The third-order valence-corrected chi connectivity index (χ3v) is 4.03. The van der Waals surface area contributed by atoms with E-state index in [1.54, 1.807) is 18.6 Å². The highest BCUT2D eigenvalue weighted by Crippen LogP contribution is 2.18. The Morgan fingerprint density at radius 2 is 1.68 bits per heavy atom. The second-order valence-corrected chi connectivity index (χ2v) is 6.02. The van der Waals surface area contributed by atoms with Crippen molar-refractivity contribution in [3.05, 3.63) is 60.4 Å². The van der Waals surface area contributed by atoms with Gasteiger partial charge in [-0.3, -0.25) is 4.98 Å². The van der Waals surface area contributed by atoms with Crippen molar-refractivity contribution in [2.24, 2.45) is 5.10 Å². The zero-order chi connectivity index (χ0) is 19.0. The van der Waals surface area contributed by atoms with Crippen LogP contribution in [0.1, 0.15) is 5.56 Å². The van der Waals surface area contributed by atoms with Crippen LogP contribution in [-0.2, 0) is 4.74 Å². The van der Waals surface area contributed by atoms with Gasteiger partial charge < -0.3 is 15.0 Å². The molecule has 2 N–H and O–H groups in total. The smallest absolute Gasteiger partial charge is 0.250 e. The number of anilines is 4. The standard InChI is InChI=1S/C19H20N8O/c1-2-4-16(5-3-1)22-17-23-18(26-21-14-15-6-8-20-9-7-15)25-19(24-17)27-10-12-28-13-11-27/h1-9,14H,10-13H2,(H2,22,23,24,25,26)/b21-14+. The number of pyridine rings is 1. The molecule has 1 saturated heterocycles. The minimum atomic E-state index is 0.361. The number of hydrogen-bond donors (Lipinski definition) is 2. The van der Waals surface area contributed by atoms with Gasteiger partial charge in [-0.25, -0.2) is 5.43 Å². The molecule has 1 aliphatic rings. The molecule has 4 rings (SSSR count). The molecule has 0 bridgehead atoms. The lowest BCUT2D eigenvalue weighted by Gasteiger charge is -2.27. The van der Waals surface area contributed by atoms with E-state index >= 15 is 0 Å². The number of benzene rings is 1. The maximum Gasteiger partial charge on any atom is 0.250 e. The van der Waals surface area contributed by atoms with E-state index in [-0.39, 0.29) is 0 Å². The van der Waals surface area contributed by atoms with Crippen molar-refractivity contribution < 1.29 is 4.74 Å². The van der Waals surface area contributed by atoms with E-state index in [1.807, 2.05) is 42.5 Å². The number of hydrazone groups is 1. The number of para-hydroxylation sites is 1. The van der Waals surface area contributed by atoms with Crippen molar-refractivity contribution in [3.8, 4) is 0 Å². The summed E-state index contributed by atoms with van der Waals surface area (Å²) in [5.74, 6) is 1.39. The van der Waals surface area contributed by atoms with Crippen molar-refractivity contribution in [3.63, 3.8) is 0 Å². The van der Waals surface area contributed by atoms with Gasteiger partial charge in [0.05, 0.1) is 19.4 Å². The average Bonchev–Trinajstić information content (AvgIpc) is 2.76. The zero-order valence-electron chi connectivity index (χ0n) is 15.2. The molecule has 3 heterocycles. The molecule has 9 nitrogen and oxygen atoms in total. The van der Waals surface area contributed by atoms with E-state index in [4.69, 9.17) is 4.74 Å². The summed E-state index contributed by atoms with van der Waals surface area (Å²) in [7, 11) is 0. The van der Waals surface area contributed by atoms with Crippen LogP contribution in [0.15, 0.2) is 60.0 Å². The van der Waals surface area contributed by atoms with Gasteiger partial charge in [0.1, 0.15) is 0 Å². The summed E-state index contributed by atoms with van der Waals surface area (Å²) in [4.78, 5) is 19.5. The Bertz CT molecular complexity index is 914. The first-order chi connectivity index (χ1) is 13.9. The Morgan fingerprint density at radius 3 is 2.46 bits per heavy atom. The third kappa shape index (κ3) is 4.77. The highest BCUT2D eigenvalue weighted by atomic mass is 16.5. The fourth-order valence-electron chi connectivity index (χ4n) is 2.64. The first-order valence-electron chi connectivity index (χ1n) is 8.97. The number of hydrogen-bond acceptors (Lipinski definition) is 9. The van der Waals surface area contributed by atoms with Crippen molar-refractivity contribution >= 4 is 29.7 Å². The summed E-state index contributed by atoms with van der Waals surface area (Å²) < 4.78 is 5.42. The molecule has 3 aromatic rings. The monoisotopic (exact) mass is 376 g/mol. The van der Waals surface area contributed by atoms with Gasteiger partial charge >= 0.3 is 0 Å². The summed E-state index contributed by atoms with van der Waals surface area (Å²) in [6.45, 7) is 2.76.